The van der Waals surface area contributed by atoms with Crippen LogP contribution in [0.4, 0.5) is 10.1 Å². The minimum atomic E-state index is -3.77. The number of rotatable bonds is 2. The van der Waals surface area contributed by atoms with Gasteiger partial charge in [-0.15, -0.1) is 0 Å². The second-order valence-corrected chi connectivity index (χ2v) is 7.09. The van der Waals surface area contributed by atoms with E-state index in [0.29, 0.717) is 0 Å². The van der Waals surface area contributed by atoms with E-state index in [1.807, 2.05) is 6.92 Å². The van der Waals surface area contributed by atoms with Gasteiger partial charge in [-0.3, -0.25) is 9.10 Å². The maximum absolute atomic E-state index is 13.3. The van der Waals surface area contributed by atoms with E-state index >= 15 is 0 Å². The molecule has 1 aliphatic heterocycles. The van der Waals surface area contributed by atoms with Crippen molar-refractivity contribution in [2.75, 3.05) is 10.8 Å². The molecule has 0 amide bonds. The van der Waals surface area contributed by atoms with Crippen LogP contribution in [0.3, 0.4) is 0 Å². The van der Waals surface area contributed by atoms with Crippen molar-refractivity contribution in [3.8, 4) is 0 Å². The lowest BCUT2D eigenvalue weighted by atomic mass is 10.0. The number of sulfonamides is 1. The molecule has 0 unspecified atom stereocenters. The van der Waals surface area contributed by atoms with Crippen molar-refractivity contribution in [1.82, 2.24) is 0 Å². The van der Waals surface area contributed by atoms with E-state index in [4.69, 9.17) is 0 Å². The highest BCUT2D eigenvalue weighted by molar-refractivity contribution is 7.92. The summed E-state index contributed by atoms with van der Waals surface area (Å²) >= 11 is 0. The second kappa shape index (κ2) is 5.21. The average Bonchev–Trinajstić information content (AvgIpc) is 2.48. The van der Waals surface area contributed by atoms with Crippen LogP contribution in [0.5, 0.6) is 0 Å². The standard InChI is InChI=1S/C16H14FNO3S/c1-11-2-5-13(6-3-11)22(20,21)18-9-8-16(19)14-10-12(17)4-7-15(14)18/h2-7,10H,8-9H2,1H3. The maximum atomic E-state index is 13.3. The highest BCUT2D eigenvalue weighted by Crippen LogP contribution is 2.32. The van der Waals surface area contributed by atoms with Gasteiger partial charge < -0.3 is 0 Å². The quantitative estimate of drug-likeness (QED) is 0.855. The summed E-state index contributed by atoms with van der Waals surface area (Å²) in [6.45, 7) is 1.93. The van der Waals surface area contributed by atoms with Gasteiger partial charge in [-0.05, 0) is 37.3 Å². The number of fused-ring (bicyclic) bond motifs is 1. The lowest BCUT2D eigenvalue weighted by molar-refractivity contribution is 0.0981. The van der Waals surface area contributed by atoms with Crippen LogP contribution in [-0.4, -0.2) is 20.7 Å². The molecule has 0 aromatic heterocycles. The van der Waals surface area contributed by atoms with Crippen LogP contribution >= 0.6 is 0 Å². The molecule has 6 heteroatoms. The molecule has 0 radical (unpaired) electrons. The summed E-state index contributed by atoms with van der Waals surface area (Å²) in [5.41, 5.74) is 1.30. The molecule has 0 N–H and O–H groups in total. The molecule has 4 nitrogen and oxygen atoms in total. The van der Waals surface area contributed by atoms with Gasteiger partial charge in [0.2, 0.25) is 0 Å². The number of ketones is 1. The Morgan fingerprint density at radius 3 is 2.45 bits per heavy atom. The third-order valence-corrected chi connectivity index (χ3v) is 5.51. The number of benzene rings is 2. The van der Waals surface area contributed by atoms with Crippen LogP contribution in [0.25, 0.3) is 0 Å². The number of halogens is 1. The first kappa shape index (κ1) is 14.7. The molecule has 22 heavy (non-hydrogen) atoms. The van der Waals surface area contributed by atoms with Crippen LogP contribution in [-0.2, 0) is 10.0 Å². The van der Waals surface area contributed by atoms with Gasteiger partial charge in [0.25, 0.3) is 10.0 Å². The molecular weight excluding hydrogens is 305 g/mol. The summed E-state index contributed by atoms with van der Waals surface area (Å²) in [6, 6.07) is 10.1. The number of anilines is 1. The van der Waals surface area contributed by atoms with Gasteiger partial charge in [0.05, 0.1) is 10.6 Å². The first-order valence-corrected chi connectivity index (χ1v) is 8.26. The lowest BCUT2D eigenvalue weighted by Gasteiger charge is -2.29. The molecule has 0 fully saturated rings. The molecule has 0 spiro atoms. The maximum Gasteiger partial charge on any atom is 0.264 e. The van der Waals surface area contributed by atoms with E-state index in [1.54, 1.807) is 12.1 Å². The van der Waals surface area contributed by atoms with Crippen LogP contribution < -0.4 is 4.31 Å². The van der Waals surface area contributed by atoms with Gasteiger partial charge in [-0.25, -0.2) is 12.8 Å². The molecule has 0 aliphatic carbocycles. The van der Waals surface area contributed by atoms with E-state index < -0.39 is 15.8 Å². The Morgan fingerprint density at radius 2 is 1.77 bits per heavy atom. The van der Waals surface area contributed by atoms with E-state index in [0.717, 1.165) is 17.7 Å². The summed E-state index contributed by atoms with van der Waals surface area (Å²) in [5, 5.41) is 0. The second-order valence-electron chi connectivity index (χ2n) is 5.22. The largest absolute Gasteiger partial charge is 0.294 e. The first-order valence-electron chi connectivity index (χ1n) is 6.82. The number of nitrogens with zero attached hydrogens (tertiary/aromatic N) is 1. The van der Waals surface area contributed by atoms with Crippen molar-refractivity contribution in [1.29, 1.82) is 0 Å². The zero-order valence-electron chi connectivity index (χ0n) is 11.9. The monoisotopic (exact) mass is 319 g/mol. The summed E-state index contributed by atoms with van der Waals surface area (Å²) in [5.74, 6) is -0.800. The molecule has 0 saturated heterocycles. The van der Waals surface area contributed by atoms with Crippen LogP contribution in [0.1, 0.15) is 22.3 Å². The van der Waals surface area contributed by atoms with Crippen LogP contribution in [0.15, 0.2) is 47.4 Å². The van der Waals surface area contributed by atoms with Crippen molar-refractivity contribution in [3.63, 3.8) is 0 Å². The van der Waals surface area contributed by atoms with Crippen molar-refractivity contribution >= 4 is 21.5 Å². The Labute approximate surface area is 128 Å². The van der Waals surface area contributed by atoms with Crippen molar-refractivity contribution in [3.05, 3.63) is 59.4 Å². The van der Waals surface area contributed by atoms with E-state index in [2.05, 4.69) is 0 Å². The molecule has 0 atom stereocenters. The van der Waals surface area contributed by atoms with Crippen LogP contribution in [0.2, 0.25) is 0 Å². The number of hydrogen-bond donors (Lipinski definition) is 0. The number of carbonyl (C=O) groups excluding carboxylic acids is 1. The van der Waals surface area contributed by atoms with Gasteiger partial charge in [0.15, 0.2) is 5.78 Å². The van der Waals surface area contributed by atoms with E-state index in [9.17, 15) is 17.6 Å². The molecule has 3 rings (SSSR count). The Hall–Kier alpha value is -2.21. The molecule has 2 aromatic rings. The Morgan fingerprint density at radius 1 is 1.09 bits per heavy atom. The normalized spacial score (nSPS) is 14.8. The van der Waals surface area contributed by atoms with Crippen molar-refractivity contribution in [2.45, 2.75) is 18.2 Å². The van der Waals surface area contributed by atoms with E-state index in [-0.39, 0.29) is 34.9 Å². The van der Waals surface area contributed by atoms with Crippen molar-refractivity contribution < 1.29 is 17.6 Å². The average molecular weight is 319 g/mol. The summed E-state index contributed by atoms with van der Waals surface area (Å²) in [4.78, 5) is 12.1. The number of carbonyl (C=O) groups is 1. The van der Waals surface area contributed by atoms with E-state index in [1.165, 1.54) is 22.5 Å². The Balaban J connectivity index is 2.11. The van der Waals surface area contributed by atoms with Crippen LogP contribution in [0, 0.1) is 12.7 Å². The zero-order valence-corrected chi connectivity index (χ0v) is 12.7. The molecule has 2 aromatic carbocycles. The molecule has 114 valence electrons. The molecule has 0 saturated carbocycles. The fourth-order valence-corrected chi connectivity index (χ4v) is 3.98. The number of Topliss-reactive ketones (excluding diaryl/α,β-unsaturated/α-hetero) is 1. The SMILES string of the molecule is Cc1ccc(S(=O)(=O)N2CCC(=O)c3cc(F)ccc32)cc1. The third kappa shape index (κ3) is 2.39. The van der Waals surface area contributed by atoms with Crippen molar-refractivity contribution in [2.24, 2.45) is 0 Å². The van der Waals surface area contributed by atoms with Gasteiger partial charge in [-0.2, -0.15) is 0 Å². The Bertz CT molecular complexity index is 844. The topological polar surface area (TPSA) is 54.5 Å². The minimum absolute atomic E-state index is 0.0432. The predicted molar refractivity (Wildman–Crippen MR) is 81.1 cm³/mol. The lowest BCUT2D eigenvalue weighted by Crippen LogP contribution is -2.37. The van der Waals surface area contributed by atoms with Gasteiger partial charge in [0, 0.05) is 18.5 Å². The number of hydrogen-bond acceptors (Lipinski definition) is 3. The first-order chi connectivity index (χ1) is 10.4. The molecular formula is C16H14FNO3S. The van der Waals surface area contributed by atoms with Gasteiger partial charge >= 0.3 is 0 Å². The third-order valence-electron chi connectivity index (χ3n) is 3.68. The van der Waals surface area contributed by atoms with Gasteiger partial charge in [0.1, 0.15) is 5.82 Å². The minimum Gasteiger partial charge on any atom is -0.294 e. The summed E-state index contributed by atoms with van der Waals surface area (Å²) < 4.78 is 40.1. The zero-order chi connectivity index (χ0) is 15.9. The molecule has 1 aliphatic rings. The fourth-order valence-electron chi connectivity index (χ4n) is 2.49. The highest BCUT2D eigenvalue weighted by atomic mass is 32.2. The fraction of sp³-hybridized carbons (Fsp3) is 0.188. The summed E-state index contributed by atoms with van der Waals surface area (Å²) in [7, 11) is -3.77. The summed E-state index contributed by atoms with van der Waals surface area (Å²) in [6.07, 6.45) is 0.0432. The number of aryl methyl sites for hydroxylation is 1. The molecule has 0 bridgehead atoms. The Kier molecular flexibility index (Phi) is 3.48. The predicted octanol–water partition coefficient (Wildman–Crippen LogP) is 2.92. The van der Waals surface area contributed by atoms with Gasteiger partial charge in [-0.1, -0.05) is 17.7 Å². The molecule has 1 heterocycles. The highest BCUT2D eigenvalue weighted by Gasteiger charge is 2.32. The smallest absolute Gasteiger partial charge is 0.264 e.